The van der Waals surface area contributed by atoms with Gasteiger partial charge in [0.15, 0.2) is 11.5 Å². The zero-order chi connectivity index (χ0) is 18.8. The Morgan fingerprint density at radius 3 is 2.12 bits per heavy atom. The van der Waals surface area contributed by atoms with E-state index >= 15 is 0 Å². The lowest BCUT2D eigenvalue weighted by Gasteiger charge is -2.20. The van der Waals surface area contributed by atoms with Gasteiger partial charge in [-0.15, -0.1) is 0 Å². The zero-order valence-corrected chi connectivity index (χ0v) is 15.1. The number of carboxylic acid groups (broad SMARTS) is 1. The molecule has 0 saturated heterocycles. The van der Waals surface area contributed by atoms with Gasteiger partial charge in [0.05, 0.1) is 34.5 Å². The molecule has 0 amide bonds. The minimum absolute atomic E-state index is 0.0683. The van der Waals surface area contributed by atoms with Crippen LogP contribution in [0.5, 0.6) is 23.0 Å². The van der Waals surface area contributed by atoms with Crippen LogP contribution in [0.3, 0.4) is 0 Å². The molecule has 140 valence electrons. The van der Waals surface area contributed by atoms with Gasteiger partial charge in [-0.3, -0.25) is 0 Å². The van der Waals surface area contributed by atoms with Crippen molar-refractivity contribution in [1.29, 1.82) is 0 Å². The minimum atomic E-state index is -1.10. The fourth-order valence-electron chi connectivity index (χ4n) is 2.24. The predicted molar refractivity (Wildman–Crippen MR) is 91.0 cm³/mol. The number of carbonyl (C=O) groups is 1. The molecule has 0 bridgehead atoms. The standard InChI is InChI=1S/C17H24O8/c1-20-6-7-25-16-13(22-3)9-12(15(23-4)17(16)24-5)11(10-21-2)8-14(18)19/h8-9H,6-7,10H2,1-5H3,(H,18,19). The molecule has 1 N–H and O–H groups in total. The molecule has 1 aromatic rings. The first-order chi connectivity index (χ1) is 12.0. The van der Waals surface area contributed by atoms with Gasteiger partial charge < -0.3 is 33.5 Å². The summed E-state index contributed by atoms with van der Waals surface area (Å²) in [6.45, 7) is 0.727. The third kappa shape index (κ3) is 5.27. The van der Waals surface area contributed by atoms with Crippen molar-refractivity contribution in [3.63, 3.8) is 0 Å². The Bertz CT molecular complexity index is 609. The van der Waals surface area contributed by atoms with Gasteiger partial charge in [0, 0.05) is 25.9 Å². The zero-order valence-electron chi connectivity index (χ0n) is 15.1. The SMILES string of the molecule is COCCOc1c(OC)cc(C(=CC(=O)O)COC)c(OC)c1OC. The molecule has 0 aliphatic carbocycles. The third-order valence-corrected chi connectivity index (χ3v) is 3.26. The number of hydrogen-bond donors (Lipinski definition) is 1. The number of carboxylic acids is 1. The minimum Gasteiger partial charge on any atom is -0.493 e. The second-order valence-electron chi connectivity index (χ2n) is 4.80. The van der Waals surface area contributed by atoms with Crippen LogP contribution in [0.4, 0.5) is 0 Å². The van der Waals surface area contributed by atoms with Gasteiger partial charge in [0.2, 0.25) is 11.5 Å². The van der Waals surface area contributed by atoms with Crippen LogP contribution in [0.2, 0.25) is 0 Å². The lowest BCUT2D eigenvalue weighted by atomic mass is 10.0. The number of aliphatic carboxylic acids is 1. The van der Waals surface area contributed by atoms with E-state index in [0.29, 0.717) is 40.7 Å². The molecule has 0 aliphatic rings. The van der Waals surface area contributed by atoms with E-state index in [4.69, 9.17) is 33.5 Å². The summed E-state index contributed by atoms with van der Waals surface area (Å²) in [5.74, 6) is 0.221. The molecule has 0 atom stereocenters. The first-order valence-electron chi connectivity index (χ1n) is 7.41. The van der Waals surface area contributed by atoms with Crippen LogP contribution in [-0.2, 0) is 14.3 Å². The lowest BCUT2D eigenvalue weighted by Crippen LogP contribution is -2.09. The number of methoxy groups -OCH3 is 5. The number of hydrogen-bond acceptors (Lipinski definition) is 7. The molecule has 0 radical (unpaired) electrons. The normalized spacial score (nSPS) is 11.2. The van der Waals surface area contributed by atoms with Crippen LogP contribution in [0.25, 0.3) is 5.57 Å². The van der Waals surface area contributed by atoms with Crippen molar-refractivity contribution in [1.82, 2.24) is 0 Å². The maximum Gasteiger partial charge on any atom is 0.328 e. The van der Waals surface area contributed by atoms with Crippen LogP contribution in [0.15, 0.2) is 12.1 Å². The Kier molecular flexibility index (Phi) is 8.59. The molecule has 0 spiro atoms. The Labute approximate surface area is 146 Å². The van der Waals surface area contributed by atoms with Gasteiger partial charge in [-0.2, -0.15) is 0 Å². The molecule has 0 aliphatic heterocycles. The van der Waals surface area contributed by atoms with Crippen LogP contribution in [0, 0.1) is 0 Å². The van der Waals surface area contributed by atoms with Crippen molar-refractivity contribution in [2.24, 2.45) is 0 Å². The Morgan fingerprint density at radius 1 is 0.960 bits per heavy atom. The first kappa shape index (κ1) is 20.6. The summed E-state index contributed by atoms with van der Waals surface area (Å²) in [4.78, 5) is 11.1. The summed E-state index contributed by atoms with van der Waals surface area (Å²) >= 11 is 0. The molecule has 8 heteroatoms. The van der Waals surface area contributed by atoms with E-state index in [2.05, 4.69) is 0 Å². The van der Waals surface area contributed by atoms with E-state index in [1.165, 1.54) is 28.4 Å². The van der Waals surface area contributed by atoms with Gasteiger partial charge >= 0.3 is 5.97 Å². The van der Waals surface area contributed by atoms with Gasteiger partial charge in [-0.05, 0) is 11.6 Å². The molecular weight excluding hydrogens is 332 g/mol. The van der Waals surface area contributed by atoms with Crippen molar-refractivity contribution >= 4 is 11.5 Å². The van der Waals surface area contributed by atoms with Crippen LogP contribution in [0.1, 0.15) is 5.56 Å². The van der Waals surface area contributed by atoms with Gasteiger partial charge in [0.1, 0.15) is 6.61 Å². The second-order valence-corrected chi connectivity index (χ2v) is 4.80. The Morgan fingerprint density at radius 2 is 1.64 bits per heavy atom. The van der Waals surface area contributed by atoms with Crippen molar-refractivity contribution in [3.05, 3.63) is 17.7 Å². The summed E-state index contributed by atoms with van der Waals surface area (Å²) in [5.41, 5.74) is 0.867. The predicted octanol–water partition coefficient (Wildman–Crippen LogP) is 1.85. The van der Waals surface area contributed by atoms with E-state index < -0.39 is 5.97 Å². The molecular formula is C17H24O8. The third-order valence-electron chi connectivity index (χ3n) is 3.26. The number of benzene rings is 1. The molecule has 1 aromatic carbocycles. The fraction of sp³-hybridized carbons (Fsp3) is 0.471. The van der Waals surface area contributed by atoms with Crippen LogP contribution >= 0.6 is 0 Å². The molecule has 0 heterocycles. The van der Waals surface area contributed by atoms with E-state index in [1.807, 2.05) is 0 Å². The monoisotopic (exact) mass is 356 g/mol. The average Bonchev–Trinajstić information content (AvgIpc) is 2.60. The largest absolute Gasteiger partial charge is 0.493 e. The highest BCUT2D eigenvalue weighted by molar-refractivity contribution is 5.92. The maximum atomic E-state index is 11.1. The van der Waals surface area contributed by atoms with E-state index in [-0.39, 0.29) is 13.2 Å². The van der Waals surface area contributed by atoms with Crippen LogP contribution in [-0.4, -0.2) is 66.4 Å². The molecule has 0 aromatic heterocycles. The molecule has 8 nitrogen and oxygen atoms in total. The van der Waals surface area contributed by atoms with E-state index in [0.717, 1.165) is 6.08 Å². The topological polar surface area (TPSA) is 92.7 Å². The molecule has 0 unspecified atom stereocenters. The molecule has 1 rings (SSSR count). The Hall–Kier alpha value is -2.45. The highest BCUT2D eigenvalue weighted by atomic mass is 16.6. The molecule has 0 fully saturated rings. The van der Waals surface area contributed by atoms with Crippen molar-refractivity contribution in [2.45, 2.75) is 0 Å². The van der Waals surface area contributed by atoms with Crippen LogP contribution < -0.4 is 18.9 Å². The maximum absolute atomic E-state index is 11.1. The second kappa shape index (κ2) is 10.4. The van der Waals surface area contributed by atoms with E-state index in [9.17, 15) is 4.79 Å². The summed E-state index contributed by atoms with van der Waals surface area (Å²) in [7, 11) is 7.43. The lowest BCUT2D eigenvalue weighted by molar-refractivity contribution is -0.131. The molecule has 0 saturated carbocycles. The number of ether oxygens (including phenoxy) is 6. The summed E-state index contributed by atoms with van der Waals surface area (Å²) in [6, 6.07) is 1.62. The highest BCUT2D eigenvalue weighted by Crippen LogP contribution is 2.48. The highest BCUT2D eigenvalue weighted by Gasteiger charge is 2.24. The molecule has 25 heavy (non-hydrogen) atoms. The van der Waals surface area contributed by atoms with Gasteiger partial charge in [-0.1, -0.05) is 0 Å². The Balaban J connectivity index is 3.55. The summed E-state index contributed by atoms with van der Waals surface area (Å²) in [5, 5.41) is 9.11. The van der Waals surface area contributed by atoms with Crippen molar-refractivity contribution < 1.29 is 38.3 Å². The smallest absolute Gasteiger partial charge is 0.328 e. The van der Waals surface area contributed by atoms with Gasteiger partial charge in [0.25, 0.3) is 0 Å². The number of rotatable bonds is 11. The van der Waals surface area contributed by atoms with Crippen molar-refractivity contribution in [2.75, 3.05) is 55.4 Å². The quantitative estimate of drug-likeness (QED) is 0.474. The average molecular weight is 356 g/mol. The first-order valence-corrected chi connectivity index (χ1v) is 7.41. The van der Waals surface area contributed by atoms with Crippen molar-refractivity contribution in [3.8, 4) is 23.0 Å². The van der Waals surface area contributed by atoms with Gasteiger partial charge in [-0.25, -0.2) is 4.79 Å². The summed E-state index contributed by atoms with van der Waals surface area (Å²) in [6.07, 6.45) is 1.05. The summed E-state index contributed by atoms with van der Waals surface area (Å²) < 4.78 is 32.0. The van der Waals surface area contributed by atoms with E-state index in [1.54, 1.807) is 13.2 Å². The fourth-order valence-corrected chi connectivity index (χ4v) is 2.24.